The monoisotopic (exact) mass is 514 g/mol. The van der Waals surface area contributed by atoms with Gasteiger partial charge in [0.2, 0.25) is 0 Å². The molecule has 0 spiro atoms. The van der Waals surface area contributed by atoms with Crippen molar-refractivity contribution in [3.63, 3.8) is 0 Å². The van der Waals surface area contributed by atoms with Gasteiger partial charge in [-0.1, -0.05) is 97.1 Å². The average molecular weight is 515 g/mol. The molecule has 0 unspecified atom stereocenters. The first-order valence-electron chi connectivity index (χ1n) is 11.7. The van der Waals surface area contributed by atoms with Gasteiger partial charge < -0.3 is 2.85 Å². The summed E-state index contributed by atoms with van der Waals surface area (Å²) in [5.41, 5.74) is 7.83. The second kappa shape index (κ2) is 13.1. The summed E-state index contributed by atoms with van der Waals surface area (Å²) < 4.78 is 0. The predicted molar refractivity (Wildman–Crippen MR) is 145 cm³/mol. The van der Waals surface area contributed by atoms with Crippen LogP contribution < -0.4 is 59.1 Å². The molecule has 0 saturated carbocycles. The quantitative estimate of drug-likeness (QED) is 0.241. The summed E-state index contributed by atoms with van der Waals surface area (Å²) in [6.45, 7) is 0. The molecule has 0 aliphatic carbocycles. The van der Waals surface area contributed by atoms with E-state index >= 15 is 0 Å². The van der Waals surface area contributed by atoms with E-state index in [2.05, 4.69) is 56.8 Å². The Morgan fingerprint density at radius 2 is 0.842 bits per heavy atom. The molecule has 0 amide bonds. The second-order valence-corrected chi connectivity index (χ2v) is 8.29. The first-order chi connectivity index (χ1) is 17.8. The van der Waals surface area contributed by atoms with Gasteiger partial charge in [0.25, 0.3) is 0 Å². The number of rotatable bonds is 6. The summed E-state index contributed by atoms with van der Waals surface area (Å²) in [6.07, 6.45) is 7.75. The number of aromatic nitrogens is 6. The van der Waals surface area contributed by atoms with Crippen molar-refractivity contribution in [2.45, 2.75) is 0 Å². The molecule has 0 saturated heterocycles. The fourth-order valence-electron chi connectivity index (χ4n) is 3.89. The molecule has 0 aliphatic heterocycles. The third-order valence-corrected chi connectivity index (χ3v) is 5.84. The minimum atomic E-state index is 0. The maximum absolute atomic E-state index is 4.60. The average Bonchev–Trinajstić information content (AvgIpc) is 3.65. The Balaban J connectivity index is 0.00000140. The van der Waals surface area contributed by atoms with Gasteiger partial charge >= 0.3 is 59.1 Å². The molecule has 176 valence electrons. The zero-order valence-electron chi connectivity index (χ0n) is 23.4. The maximum Gasteiger partial charge on any atom is 1.00 e. The standard InChI is InChI=1S/C30H22N6.2Na.2H/c1-3-7-25(8-4-1)29-21-31-35(33-29)27-17-13-23(14-18-27)11-12-24-15-19-28(20-16-24)36-32-22-30(34-36)26-9-5-2-6-10-26;;;;/h1-22H;;;;/q;2*+1;2*-1. The van der Waals surface area contributed by atoms with Crippen molar-refractivity contribution in [3.05, 3.63) is 133 Å². The van der Waals surface area contributed by atoms with Gasteiger partial charge in [-0.05, 0) is 35.4 Å². The predicted octanol–water partition coefficient (Wildman–Crippen LogP) is 0.585. The van der Waals surface area contributed by atoms with Crippen LogP contribution in [-0.4, -0.2) is 30.0 Å². The number of hydrogen-bond acceptors (Lipinski definition) is 4. The molecule has 2 aromatic heterocycles. The van der Waals surface area contributed by atoms with Crippen LogP contribution >= 0.6 is 0 Å². The molecule has 6 rings (SSSR count). The first-order valence-corrected chi connectivity index (χ1v) is 11.7. The van der Waals surface area contributed by atoms with E-state index in [4.69, 9.17) is 0 Å². The van der Waals surface area contributed by atoms with Crippen LogP contribution in [0, 0.1) is 0 Å². The van der Waals surface area contributed by atoms with E-state index in [1.165, 1.54) is 0 Å². The van der Waals surface area contributed by atoms with E-state index in [1.54, 1.807) is 22.0 Å². The Bertz CT molecular complexity index is 1500. The summed E-state index contributed by atoms with van der Waals surface area (Å²) in [6, 6.07) is 36.4. The fourth-order valence-corrected chi connectivity index (χ4v) is 3.89. The minimum Gasteiger partial charge on any atom is -1.00 e. The Morgan fingerprint density at radius 1 is 0.474 bits per heavy atom. The van der Waals surface area contributed by atoms with Crippen molar-refractivity contribution in [1.82, 2.24) is 30.0 Å². The van der Waals surface area contributed by atoms with Crippen molar-refractivity contribution in [2.24, 2.45) is 0 Å². The normalized spacial score (nSPS) is 10.6. The zero-order valence-corrected chi connectivity index (χ0v) is 25.4. The van der Waals surface area contributed by atoms with Crippen molar-refractivity contribution in [2.75, 3.05) is 0 Å². The molecule has 0 bridgehead atoms. The summed E-state index contributed by atoms with van der Waals surface area (Å²) in [4.78, 5) is 3.31. The van der Waals surface area contributed by atoms with Crippen molar-refractivity contribution < 1.29 is 62.0 Å². The zero-order chi connectivity index (χ0) is 24.2. The van der Waals surface area contributed by atoms with Gasteiger partial charge in [-0.3, -0.25) is 0 Å². The summed E-state index contributed by atoms with van der Waals surface area (Å²) in [5, 5.41) is 18.0. The van der Waals surface area contributed by atoms with Gasteiger partial charge in [-0.15, -0.1) is 10.2 Å². The van der Waals surface area contributed by atoms with Gasteiger partial charge in [0.15, 0.2) is 0 Å². The molecule has 8 heteroatoms. The molecule has 4 aromatic carbocycles. The summed E-state index contributed by atoms with van der Waals surface area (Å²) in [7, 11) is 0. The molecule has 0 radical (unpaired) electrons. The number of hydrogen-bond donors (Lipinski definition) is 0. The molecule has 2 heterocycles. The van der Waals surface area contributed by atoms with E-state index in [0.717, 1.165) is 45.0 Å². The van der Waals surface area contributed by atoms with E-state index in [-0.39, 0.29) is 62.0 Å². The van der Waals surface area contributed by atoms with E-state index in [9.17, 15) is 0 Å². The van der Waals surface area contributed by atoms with Crippen LogP contribution in [0.5, 0.6) is 0 Å². The molecular formula is C30H24N6Na2. The van der Waals surface area contributed by atoms with Gasteiger partial charge in [0, 0.05) is 11.1 Å². The molecular weight excluding hydrogens is 490 g/mol. The molecule has 6 nitrogen and oxygen atoms in total. The van der Waals surface area contributed by atoms with Crippen molar-refractivity contribution in [1.29, 1.82) is 0 Å². The van der Waals surface area contributed by atoms with Crippen LogP contribution in [0.2, 0.25) is 0 Å². The van der Waals surface area contributed by atoms with Crippen LogP contribution in [0.3, 0.4) is 0 Å². The summed E-state index contributed by atoms with van der Waals surface area (Å²) in [5.74, 6) is 0. The molecule has 0 N–H and O–H groups in total. The van der Waals surface area contributed by atoms with Crippen LogP contribution in [0.1, 0.15) is 14.0 Å². The van der Waals surface area contributed by atoms with E-state index < -0.39 is 0 Å². The minimum absolute atomic E-state index is 0. The topological polar surface area (TPSA) is 61.4 Å². The van der Waals surface area contributed by atoms with Gasteiger partial charge in [-0.2, -0.15) is 19.8 Å². The largest absolute Gasteiger partial charge is 1.00 e. The van der Waals surface area contributed by atoms with Crippen molar-refractivity contribution in [3.8, 4) is 33.9 Å². The Hall–Kier alpha value is -3.10. The fraction of sp³-hybridized carbons (Fsp3) is 0. The molecule has 0 fully saturated rings. The smallest absolute Gasteiger partial charge is 1.00 e. The number of benzene rings is 4. The van der Waals surface area contributed by atoms with E-state index in [0.29, 0.717) is 0 Å². The van der Waals surface area contributed by atoms with Crippen LogP contribution in [0.4, 0.5) is 0 Å². The second-order valence-electron chi connectivity index (χ2n) is 8.29. The van der Waals surface area contributed by atoms with Gasteiger partial charge in [0.05, 0.1) is 23.8 Å². The van der Waals surface area contributed by atoms with Gasteiger partial charge in [-0.25, -0.2) is 0 Å². The van der Waals surface area contributed by atoms with Crippen LogP contribution in [-0.2, 0) is 0 Å². The van der Waals surface area contributed by atoms with Gasteiger partial charge in [0.1, 0.15) is 11.4 Å². The Morgan fingerprint density at radius 3 is 1.21 bits per heavy atom. The molecule has 0 atom stereocenters. The maximum atomic E-state index is 4.60. The third kappa shape index (κ3) is 6.48. The third-order valence-electron chi connectivity index (χ3n) is 5.84. The first kappa shape index (κ1) is 27.9. The number of nitrogens with zero attached hydrogens (tertiary/aromatic N) is 6. The molecule has 38 heavy (non-hydrogen) atoms. The van der Waals surface area contributed by atoms with Crippen molar-refractivity contribution >= 4 is 12.2 Å². The SMILES string of the molecule is C(=Cc1ccc(-n2ncc(-c3ccccc3)n2)cc1)c1ccc(-n2ncc(-c3ccccc3)n2)cc1.[H-].[H-].[Na+].[Na+]. The van der Waals surface area contributed by atoms with Crippen LogP contribution in [0.25, 0.3) is 46.0 Å². The van der Waals surface area contributed by atoms with Crippen LogP contribution in [0.15, 0.2) is 122 Å². The Kier molecular flexibility index (Phi) is 9.63. The molecule has 0 aliphatic rings. The molecule has 6 aromatic rings. The summed E-state index contributed by atoms with van der Waals surface area (Å²) >= 11 is 0. The van der Waals surface area contributed by atoms with E-state index in [1.807, 2.05) is 84.9 Å². The Labute approximate surface area is 268 Å².